The molecule has 0 aromatic heterocycles. The van der Waals surface area contributed by atoms with Gasteiger partial charge < -0.3 is 0 Å². The van der Waals surface area contributed by atoms with Crippen LogP contribution < -0.4 is 20.6 Å². The highest BCUT2D eigenvalue weighted by atomic mass is 32.2. The monoisotopic (exact) mass is 628 g/mol. The van der Waals surface area contributed by atoms with Crippen LogP contribution in [0.3, 0.4) is 0 Å². The molecule has 4 aromatic carbocycles. The van der Waals surface area contributed by atoms with Crippen molar-refractivity contribution in [1.29, 1.82) is 0 Å². The van der Waals surface area contributed by atoms with Gasteiger partial charge in [0.1, 0.15) is 0 Å². The Morgan fingerprint density at radius 3 is 0.475 bits per heavy atom. The van der Waals surface area contributed by atoms with Gasteiger partial charge in [0.05, 0.1) is 19.6 Å². The van der Waals surface area contributed by atoms with Crippen LogP contribution in [0, 0.1) is 0 Å². The fourth-order valence-corrected chi connectivity index (χ4v) is 4.59. The minimum Gasteiger partial charge on any atom is -0.225 e. The van der Waals surface area contributed by atoms with Gasteiger partial charge in [0.2, 0.25) is 40.1 Å². The molecule has 0 aliphatic carbocycles. The van der Waals surface area contributed by atoms with Gasteiger partial charge in [-0.1, -0.05) is 72.8 Å². The van der Waals surface area contributed by atoms with Crippen LogP contribution >= 0.6 is 0 Å². The first-order chi connectivity index (χ1) is 18.4. The van der Waals surface area contributed by atoms with Gasteiger partial charge in [-0.2, -0.15) is 0 Å². The fraction of sp³-hybridized carbons (Fsp3) is 0. The number of primary sulfonamides is 4. The zero-order valence-corrected chi connectivity index (χ0v) is 24.0. The second-order valence-electron chi connectivity index (χ2n) is 7.43. The molecular weight excluding hydrogens is 601 g/mol. The summed E-state index contributed by atoms with van der Waals surface area (Å²) in [7, 11) is -14.0. The summed E-state index contributed by atoms with van der Waals surface area (Å²) in [6, 6.07) is 31.6. The molecule has 0 saturated carbocycles. The quantitative estimate of drug-likeness (QED) is 0.256. The van der Waals surface area contributed by atoms with Crippen LogP contribution in [0.25, 0.3) is 0 Å². The maximum absolute atomic E-state index is 10.6. The largest absolute Gasteiger partial charge is 0.238 e. The molecule has 0 aliphatic rings. The molecule has 0 aliphatic heterocycles. The van der Waals surface area contributed by atoms with E-state index in [1.165, 1.54) is 48.5 Å². The summed E-state index contributed by atoms with van der Waals surface area (Å²) in [6.07, 6.45) is 0. The smallest absolute Gasteiger partial charge is 0.225 e. The van der Waals surface area contributed by atoms with E-state index >= 15 is 0 Å². The molecule has 216 valence electrons. The van der Waals surface area contributed by atoms with E-state index in [9.17, 15) is 33.7 Å². The van der Waals surface area contributed by atoms with Gasteiger partial charge in [0.25, 0.3) is 0 Å². The van der Waals surface area contributed by atoms with Crippen LogP contribution in [0.4, 0.5) is 0 Å². The van der Waals surface area contributed by atoms with E-state index in [0.717, 1.165) is 0 Å². The highest BCUT2D eigenvalue weighted by Gasteiger charge is 2.05. The Bertz CT molecular complexity index is 1490. The number of nitrogens with two attached hydrogens (primary N) is 4. The maximum Gasteiger partial charge on any atom is 0.238 e. The molecule has 4 aromatic rings. The highest BCUT2D eigenvalue weighted by molar-refractivity contribution is 7.90. The molecular formula is C24H28N4O8S4. The Balaban J connectivity index is 0.000000267. The van der Waals surface area contributed by atoms with Crippen molar-refractivity contribution in [2.45, 2.75) is 19.6 Å². The van der Waals surface area contributed by atoms with Crippen molar-refractivity contribution in [3.05, 3.63) is 121 Å². The lowest BCUT2D eigenvalue weighted by Crippen LogP contribution is -2.11. The molecule has 0 radical (unpaired) electrons. The molecule has 0 atom stereocenters. The average Bonchev–Trinajstić information content (AvgIpc) is 2.90. The first-order valence-electron chi connectivity index (χ1n) is 10.7. The summed E-state index contributed by atoms with van der Waals surface area (Å²) in [5.41, 5.74) is 0. The summed E-state index contributed by atoms with van der Waals surface area (Å²) in [5.74, 6) is 0. The molecule has 0 fully saturated rings. The van der Waals surface area contributed by atoms with E-state index in [1.807, 2.05) is 0 Å². The minimum absolute atomic E-state index is 0.148. The Labute approximate surface area is 234 Å². The van der Waals surface area contributed by atoms with Gasteiger partial charge in [-0.25, -0.2) is 54.2 Å². The third-order valence-corrected chi connectivity index (χ3v) is 8.00. The van der Waals surface area contributed by atoms with Crippen LogP contribution in [0.15, 0.2) is 141 Å². The van der Waals surface area contributed by atoms with Crippen molar-refractivity contribution in [3.63, 3.8) is 0 Å². The number of hydrogen-bond donors (Lipinski definition) is 4. The van der Waals surface area contributed by atoms with Gasteiger partial charge >= 0.3 is 0 Å². The van der Waals surface area contributed by atoms with E-state index in [1.54, 1.807) is 72.8 Å². The van der Waals surface area contributed by atoms with Crippen LogP contribution in [0.1, 0.15) is 0 Å². The van der Waals surface area contributed by atoms with Crippen molar-refractivity contribution < 1.29 is 33.7 Å². The topological polar surface area (TPSA) is 241 Å². The third-order valence-electron chi connectivity index (χ3n) is 4.29. The van der Waals surface area contributed by atoms with Crippen LogP contribution in [0.5, 0.6) is 0 Å². The van der Waals surface area contributed by atoms with E-state index in [0.29, 0.717) is 0 Å². The van der Waals surface area contributed by atoms with Gasteiger partial charge in [0, 0.05) is 0 Å². The predicted octanol–water partition coefficient (Wildman–Crippen LogP) is 1.34. The van der Waals surface area contributed by atoms with Gasteiger partial charge in [-0.3, -0.25) is 0 Å². The lowest BCUT2D eigenvalue weighted by atomic mass is 10.4. The zero-order chi connectivity index (χ0) is 30.5. The molecule has 12 nitrogen and oxygen atoms in total. The van der Waals surface area contributed by atoms with E-state index in [-0.39, 0.29) is 19.6 Å². The molecule has 0 unspecified atom stereocenters. The number of hydrogen-bond acceptors (Lipinski definition) is 8. The van der Waals surface area contributed by atoms with Gasteiger partial charge in [-0.05, 0) is 48.5 Å². The molecule has 16 heteroatoms. The normalized spacial score (nSPS) is 11.3. The van der Waals surface area contributed by atoms with Crippen LogP contribution in [0.2, 0.25) is 0 Å². The first kappa shape index (κ1) is 34.5. The van der Waals surface area contributed by atoms with E-state index in [4.69, 9.17) is 20.6 Å². The number of benzene rings is 4. The highest BCUT2D eigenvalue weighted by Crippen LogP contribution is 2.05. The molecule has 0 amide bonds. The number of sulfonamides is 4. The summed E-state index contributed by atoms with van der Waals surface area (Å²) in [6.45, 7) is 0. The van der Waals surface area contributed by atoms with Crippen LogP contribution in [-0.4, -0.2) is 33.7 Å². The molecule has 4 rings (SSSR count). The predicted molar refractivity (Wildman–Crippen MR) is 151 cm³/mol. The van der Waals surface area contributed by atoms with Crippen molar-refractivity contribution in [3.8, 4) is 0 Å². The van der Waals surface area contributed by atoms with Crippen molar-refractivity contribution in [2.24, 2.45) is 20.6 Å². The van der Waals surface area contributed by atoms with Crippen molar-refractivity contribution >= 4 is 40.1 Å². The van der Waals surface area contributed by atoms with E-state index in [2.05, 4.69) is 0 Å². The van der Waals surface area contributed by atoms with Crippen LogP contribution in [-0.2, 0) is 40.1 Å². The summed E-state index contributed by atoms with van der Waals surface area (Å²) in [5, 5.41) is 19.3. The van der Waals surface area contributed by atoms with Gasteiger partial charge in [-0.15, -0.1) is 0 Å². The summed E-state index contributed by atoms with van der Waals surface area (Å²) < 4.78 is 84.9. The molecule has 0 heterocycles. The second-order valence-corrected chi connectivity index (χ2v) is 13.7. The Morgan fingerprint density at radius 1 is 0.275 bits per heavy atom. The Morgan fingerprint density at radius 2 is 0.400 bits per heavy atom. The average molecular weight is 629 g/mol. The lowest BCUT2D eigenvalue weighted by molar-refractivity contribution is 0.596. The summed E-state index contributed by atoms with van der Waals surface area (Å²) >= 11 is 0. The fourth-order valence-electron chi connectivity index (χ4n) is 2.44. The Kier molecular flexibility index (Phi) is 13.3. The second kappa shape index (κ2) is 15.3. The third kappa shape index (κ3) is 14.1. The first-order valence-corrected chi connectivity index (χ1v) is 16.9. The molecule has 0 spiro atoms. The standard InChI is InChI=1S/4C6H7NO2S/c4*7-10(8,9)6-4-2-1-3-5-6/h4*1-5H,(H2,7,8,9). The summed E-state index contributed by atoms with van der Waals surface area (Å²) in [4.78, 5) is 0.593. The minimum atomic E-state index is -3.50. The van der Waals surface area contributed by atoms with E-state index < -0.39 is 40.1 Å². The zero-order valence-electron chi connectivity index (χ0n) is 20.8. The molecule has 0 saturated heterocycles. The SMILES string of the molecule is NS(=O)(=O)c1ccccc1.NS(=O)(=O)c1ccccc1.NS(=O)(=O)c1ccccc1.NS(=O)(=O)c1ccccc1. The molecule has 8 N–H and O–H groups in total. The maximum atomic E-state index is 10.6. The lowest BCUT2D eigenvalue weighted by Gasteiger charge is -1.93. The number of rotatable bonds is 4. The van der Waals surface area contributed by atoms with Crippen molar-refractivity contribution in [1.82, 2.24) is 0 Å². The van der Waals surface area contributed by atoms with Gasteiger partial charge in [0.15, 0.2) is 0 Å². The molecule has 0 bridgehead atoms. The van der Waals surface area contributed by atoms with Crippen molar-refractivity contribution in [2.75, 3.05) is 0 Å². The molecule has 40 heavy (non-hydrogen) atoms. The Hall–Kier alpha value is -3.48.